The van der Waals surface area contributed by atoms with Gasteiger partial charge < -0.3 is 9.84 Å². The van der Waals surface area contributed by atoms with Crippen molar-refractivity contribution < 1.29 is 19.4 Å². The third-order valence-electron chi connectivity index (χ3n) is 5.29. The number of benzene rings is 3. The van der Waals surface area contributed by atoms with E-state index in [1.807, 2.05) is 43.3 Å². The predicted octanol–water partition coefficient (Wildman–Crippen LogP) is 6.05. The van der Waals surface area contributed by atoms with Gasteiger partial charge in [-0.1, -0.05) is 63.9 Å². The van der Waals surface area contributed by atoms with Crippen LogP contribution in [0.5, 0.6) is 5.75 Å². The van der Waals surface area contributed by atoms with Crippen LogP contribution in [-0.2, 0) is 9.59 Å². The van der Waals surface area contributed by atoms with Crippen LogP contribution < -0.4 is 9.64 Å². The first-order chi connectivity index (χ1) is 15.3. The molecule has 0 saturated carbocycles. The molecular weight excluding hydrogens is 494 g/mol. The van der Waals surface area contributed by atoms with Crippen LogP contribution in [0.1, 0.15) is 22.7 Å². The van der Waals surface area contributed by atoms with Gasteiger partial charge in [-0.05, 0) is 48.4 Å². The Bertz CT molecular complexity index is 1260. The van der Waals surface area contributed by atoms with E-state index in [1.165, 1.54) is 12.0 Å². The summed E-state index contributed by atoms with van der Waals surface area (Å²) in [6.45, 7) is 1.82. The van der Waals surface area contributed by atoms with Crippen LogP contribution in [0.4, 0.5) is 5.69 Å². The van der Waals surface area contributed by atoms with Crippen LogP contribution in [-0.4, -0.2) is 23.9 Å². The first-order valence-corrected chi connectivity index (χ1v) is 11.0. The lowest BCUT2D eigenvalue weighted by molar-refractivity contribution is -0.132. The number of hydrogen-bond donors (Lipinski definition) is 1. The summed E-state index contributed by atoms with van der Waals surface area (Å²) in [7, 11) is 1.43. The third kappa shape index (κ3) is 3.80. The number of hydrogen-bond acceptors (Lipinski definition) is 4. The van der Waals surface area contributed by atoms with Crippen LogP contribution in [0, 0.1) is 6.92 Å². The standard InChI is InChI=1S/C25H19BrClNO4/c1-14-11-18(24(32-2)19(27)12-14)22(29)20-21(15-7-4-3-5-8-15)28(25(31)23(20)30)17-10-6-9-16(26)13-17/h3-13,21,29H,1-2H3/b22-20+. The molecule has 0 spiro atoms. The second kappa shape index (κ2) is 8.81. The molecule has 1 saturated heterocycles. The number of carbonyl (C=O) groups is 2. The Kier molecular flexibility index (Phi) is 6.09. The molecule has 162 valence electrons. The highest BCUT2D eigenvalue weighted by Crippen LogP contribution is 2.44. The molecule has 32 heavy (non-hydrogen) atoms. The van der Waals surface area contributed by atoms with Crippen LogP contribution in [0.15, 0.2) is 76.8 Å². The van der Waals surface area contributed by atoms with Gasteiger partial charge in [-0.2, -0.15) is 0 Å². The molecule has 5 nitrogen and oxygen atoms in total. The third-order valence-corrected chi connectivity index (χ3v) is 6.07. The summed E-state index contributed by atoms with van der Waals surface area (Å²) in [5, 5.41) is 11.7. The number of halogens is 2. The molecule has 1 heterocycles. The maximum atomic E-state index is 13.2. The second-order valence-electron chi connectivity index (χ2n) is 7.39. The Morgan fingerprint density at radius 1 is 1.06 bits per heavy atom. The first kappa shape index (κ1) is 22.1. The van der Waals surface area contributed by atoms with Gasteiger partial charge in [-0.25, -0.2) is 0 Å². The summed E-state index contributed by atoms with van der Waals surface area (Å²) in [4.78, 5) is 27.8. The van der Waals surface area contributed by atoms with Crippen LogP contribution >= 0.6 is 27.5 Å². The minimum absolute atomic E-state index is 0.0267. The van der Waals surface area contributed by atoms with Crippen molar-refractivity contribution in [3.8, 4) is 5.75 Å². The van der Waals surface area contributed by atoms with Crippen molar-refractivity contribution >= 4 is 50.7 Å². The van der Waals surface area contributed by atoms with E-state index in [4.69, 9.17) is 16.3 Å². The van der Waals surface area contributed by atoms with Crippen molar-refractivity contribution in [3.05, 3.63) is 98.5 Å². The van der Waals surface area contributed by atoms with Gasteiger partial charge in [0.05, 0.1) is 29.3 Å². The maximum Gasteiger partial charge on any atom is 0.300 e. The van der Waals surface area contributed by atoms with Gasteiger partial charge in [0.2, 0.25) is 0 Å². The summed E-state index contributed by atoms with van der Waals surface area (Å²) < 4.78 is 6.16. The summed E-state index contributed by atoms with van der Waals surface area (Å²) in [6, 6.07) is 18.8. The van der Waals surface area contributed by atoms with E-state index in [-0.39, 0.29) is 22.6 Å². The Hall–Kier alpha value is -3.09. The number of methoxy groups -OCH3 is 1. The van der Waals surface area contributed by atoms with Gasteiger partial charge >= 0.3 is 0 Å². The van der Waals surface area contributed by atoms with Crippen molar-refractivity contribution in [2.45, 2.75) is 13.0 Å². The van der Waals surface area contributed by atoms with Crippen molar-refractivity contribution in [2.75, 3.05) is 12.0 Å². The van der Waals surface area contributed by atoms with Crippen molar-refractivity contribution in [3.63, 3.8) is 0 Å². The summed E-state index contributed by atoms with van der Waals surface area (Å²) in [5.74, 6) is -1.61. The molecule has 1 aliphatic rings. The number of aliphatic hydroxyl groups excluding tert-OH is 1. The molecule has 1 fully saturated rings. The SMILES string of the molecule is COc1c(Cl)cc(C)cc1/C(O)=C1\C(=O)C(=O)N(c2cccc(Br)c2)C1c1ccccc1. The number of amides is 1. The number of Topliss-reactive ketones (excluding diaryl/α,β-unsaturated/α-hetero) is 1. The predicted molar refractivity (Wildman–Crippen MR) is 128 cm³/mol. The molecule has 0 aliphatic carbocycles. The first-order valence-electron chi connectivity index (χ1n) is 9.79. The van der Waals surface area contributed by atoms with E-state index in [9.17, 15) is 14.7 Å². The lowest BCUT2D eigenvalue weighted by Gasteiger charge is -2.25. The number of ketones is 1. The molecule has 1 N–H and O–H groups in total. The highest BCUT2D eigenvalue weighted by molar-refractivity contribution is 9.10. The van der Waals surface area contributed by atoms with E-state index >= 15 is 0 Å². The molecule has 4 rings (SSSR count). The van der Waals surface area contributed by atoms with Gasteiger partial charge in [0.1, 0.15) is 11.5 Å². The van der Waals surface area contributed by atoms with Crippen LogP contribution in [0.25, 0.3) is 5.76 Å². The Morgan fingerprint density at radius 2 is 1.78 bits per heavy atom. The lowest BCUT2D eigenvalue weighted by Crippen LogP contribution is -2.29. The zero-order chi connectivity index (χ0) is 23.0. The second-order valence-corrected chi connectivity index (χ2v) is 8.71. The normalized spacial score (nSPS) is 17.6. The van der Waals surface area contributed by atoms with Gasteiger partial charge in [-0.3, -0.25) is 14.5 Å². The zero-order valence-electron chi connectivity index (χ0n) is 17.3. The molecule has 1 aliphatic heterocycles. The van der Waals surface area contributed by atoms with Crippen LogP contribution in [0.3, 0.4) is 0 Å². The largest absolute Gasteiger partial charge is 0.507 e. The van der Waals surface area contributed by atoms with Crippen LogP contribution in [0.2, 0.25) is 5.02 Å². The molecule has 7 heteroatoms. The average molecular weight is 513 g/mol. The maximum absolute atomic E-state index is 13.2. The highest BCUT2D eigenvalue weighted by Gasteiger charge is 2.47. The van der Waals surface area contributed by atoms with Gasteiger partial charge in [0, 0.05) is 10.2 Å². The quantitative estimate of drug-likeness (QED) is 0.263. The molecule has 0 radical (unpaired) electrons. The van der Waals surface area contributed by atoms with E-state index in [0.717, 1.165) is 10.0 Å². The summed E-state index contributed by atoms with van der Waals surface area (Å²) in [5.41, 5.74) is 2.22. The molecule has 1 unspecified atom stereocenters. The molecule has 0 aromatic heterocycles. The highest BCUT2D eigenvalue weighted by atomic mass is 79.9. The average Bonchev–Trinajstić information content (AvgIpc) is 3.04. The molecule has 3 aromatic carbocycles. The number of anilines is 1. The summed E-state index contributed by atoms with van der Waals surface area (Å²) in [6.07, 6.45) is 0. The Balaban J connectivity index is 2.01. The fraction of sp³-hybridized carbons (Fsp3) is 0.120. The Labute approximate surface area is 199 Å². The Morgan fingerprint density at radius 3 is 2.44 bits per heavy atom. The fourth-order valence-electron chi connectivity index (χ4n) is 3.93. The summed E-state index contributed by atoms with van der Waals surface area (Å²) >= 11 is 9.74. The number of aliphatic hydroxyl groups is 1. The van der Waals surface area contributed by atoms with E-state index in [0.29, 0.717) is 16.3 Å². The monoisotopic (exact) mass is 511 g/mol. The minimum atomic E-state index is -0.825. The molecular formula is C25H19BrClNO4. The number of nitrogens with zero attached hydrogens (tertiary/aromatic N) is 1. The topological polar surface area (TPSA) is 66.8 Å². The molecule has 1 atom stereocenters. The van der Waals surface area contributed by atoms with Gasteiger partial charge in [0.15, 0.2) is 0 Å². The van der Waals surface area contributed by atoms with E-state index in [2.05, 4.69) is 15.9 Å². The van der Waals surface area contributed by atoms with Crippen molar-refractivity contribution in [1.82, 2.24) is 0 Å². The van der Waals surface area contributed by atoms with Gasteiger partial charge in [-0.15, -0.1) is 0 Å². The number of ether oxygens (including phenoxy) is 1. The number of carbonyl (C=O) groups excluding carboxylic acids is 2. The van der Waals surface area contributed by atoms with Gasteiger partial charge in [0.25, 0.3) is 11.7 Å². The number of aryl methyl sites for hydroxylation is 1. The van der Waals surface area contributed by atoms with Crippen molar-refractivity contribution in [1.29, 1.82) is 0 Å². The number of rotatable bonds is 4. The van der Waals surface area contributed by atoms with E-state index in [1.54, 1.807) is 30.3 Å². The van der Waals surface area contributed by atoms with E-state index < -0.39 is 17.7 Å². The molecule has 0 bridgehead atoms. The van der Waals surface area contributed by atoms with Crippen molar-refractivity contribution in [2.24, 2.45) is 0 Å². The molecule has 1 amide bonds. The molecule has 3 aromatic rings. The lowest BCUT2D eigenvalue weighted by atomic mass is 9.94. The zero-order valence-corrected chi connectivity index (χ0v) is 19.6. The fourth-order valence-corrected chi connectivity index (χ4v) is 4.67. The minimum Gasteiger partial charge on any atom is -0.507 e. The smallest absolute Gasteiger partial charge is 0.300 e.